The fraction of sp³-hybridized carbons (Fsp3) is 0.304. The van der Waals surface area contributed by atoms with Gasteiger partial charge in [-0.05, 0) is 30.2 Å². The monoisotopic (exact) mass is 426 g/mol. The molecule has 1 fully saturated rings. The number of hydrogen-bond donors (Lipinski definition) is 1. The van der Waals surface area contributed by atoms with E-state index < -0.39 is 0 Å². The first kappa shape index (κ1) is 21.9. The van der Waals surface area contributed by atoms with Crippen molar-refractivity contribution in [3.63, 3.8) is 0 Å². The van der Waals surface area contributed by atoms with Crippen molar-refractivity contribution >= 4 is 18.3 Å². The molecule has 3 aromatic rings. The van der Waals surface area contributed by atoms with Crippen molar-refractivity contribution in [2.45, 2.75) is 5.92 Å². The quantitative estimate of drug-likeness (QED) is 0.679. The van der Waals surface area contributed by atoms with E-state index in [9.17, 15) is 4.79 Å². The van der Waals surface area contributed by atoms with Crippen LogP contribution < -0.4 is 10.5 Å². The molecule has 2 atom stereocenters. The molecule has 6 nitrogen and oxygen atoms in total. The van der Waals surface area contributed by atoms with E-state index in [1.165, 1.54) is 5.56 Å². The average molecular weight is 427 g/mol. The lowest BCUT2D eigenvalue weighted by Gasteiger charge is -2.17. The minimum atomic E-state index is -0.0177. The molecular formula is C23H27ClN4O2. The van der Waals surface area contributed by atoms with E-state index in [1.807, 2.05) is 54.4 Å². The number of aryl methyl sites for hydroxylation is 1. The van der Waals surface area contributed by atoms with Gasteiger partial charge >= 0.3 is 0 Å². The minimum Gasteiger partial charge on any atom is -0.496 e. The van der Waals surface area contributed by atoms with Crippen LogP contribution in [0.2, 0.25) is 0 Å². The first-order chi connectivity index (χ1) is 14.1. The third kappa shape index (κ3) is 4.06. The summed E-state index contributed by atoms with van der Waals surface area (Å²) in [6, 6.07) is 17.9. The summed E-state index contributed by atoms with van der Waals surface area (Å²) in [6.07, 6.45) is 1.79. The maximum Gasteiger partial charge on any atom is 0.257 e. The normalized spacial score (nSPS) is 18.2. The average Bonchev–Trinajstić information content (AvgIpc) is 3.37. The number of rotatable bonds is 5. The van der Waals surface area contributed by atoms with Gasteiger partial charge in [0, 0.05) is 37.8 Å². The van der Waals surface area contributed by atoms with E-state index in [4.69, 9.17) is 10.5 Å². The summed E-state index contributed by atoms with van der Waals surface area (Å²) in [5, 5.41) is 4.56. The van der Waals surface area contributed by atoms with Crippen molar-refractivity contribution < 1.29 is 9.53 Å². The fourth-order valence-electron chi connectivity index (χ4n) is 4.21. The molecule has 0 bridgehead atoms. The number of halogens is 1. The van der Waals surface area contributed by atoms with Gasteiger partial charge in [0.05, 0.1) is 12.7 Å². The Balaban J connectivity index is 0.00000256. The number of hydrogen-bond acceptors (Lipinski definition) is 4. The molecular weight excluding hydrogens is 400 g/mol. The van der Waals surface area contributed by atoms with Gasteiger partial charge in [0.1, 0.15) is 11.4 Å². The molecule has 7 heteroatoms. The predicted octanol–water partition coefficient (Wildman–Crippen LogP) is 3.33. The van der Waals surface area contributed by atoms with Crippen LogP contribution >= 0.6 is 12.4 Å². The number of aromatic nitrogens is 2. The Bertz CT molecular complexity index is 1010. The maximum absolute atomic E-state index is 13.5. The van der Waals surface area contributed by atoms with E-state index in [1.54, 1.807) is 18.0 Å². The molecule has 0 aliphatic carbocycles. The Morgan fingerprint density at radius 3 is 2.53 bits per heavy atom. The summed E-state index contributed by atoms with van der Waals surface area (Å²) in [7, 11) is 3.45. The molecule has 0 spiro atoms. The second-order valence-corrected chi connectivity index (χ2v) is 7.49. The second-order valence-electron chi connectivity index (χ2n) is 7.49. The van der Waals surface area contributed by atoms with Gasteiger partial charge in [-0.15, -0.1) is 12.4 Å². The SMILES string of the molecule is COc1ccccc1-c1nn(C)cc1C(=O)N1C[C@@H](CN)[C@H](c2ccccc2)C1.Cl. The van der Waals surface area contributed by atoms with E-state index in [0.717, 1.165) is 5.56 Å². The lowest BCUT2D eigenvalue weighted by atomic mass is 9.89. The second kappa shape index (κ2) is 9.32. The fourth-order valence-corrected chi connectivity index (χ4v) is 4.21. The molecule has 1 aromatic heterocycles. The van der Waals surface area contributed by atoms with E-state index in [-0.39, 0.29) is 30.2 Å². The smallest absolute Gasteiger partial charge is 0.257 e. The molecule has 1 saturated heterocycles. The highest BCUT2D eigenvalue weighted by Crippen LogP contribution is 2.35. The molecule has 1 aliphatic rings. The van der Waals surface area contributed by atoms with Crippen molar-refractivity contribution in [1.29, 1.82) is 0 Å². The molecule has 2 heterocycles. The number of para-hydroxylation sites is 1. The zero-order valence-electron chi connectivity index (χ0n) is 17.2. The molecule has 30 heavy (non-hydrogen) atoms. The Morgan fingerprint density at radius 1 is 1.13 bits per heavy atom. The first-order valence-corrected chi connectivity index (χ1v) is 9.83. The number of carbonyl (C=O) groups excluding carboxylic acids is 1. The van der Waals surface area contributed by atoms with E-state index in [0.29, 0.717) is 36.6 Å². The van der Waals surface area contributed by atoms with Crippen LogP contribution in [0.4, 0.5) is 0 Å². The van der Waals surface area contributed by atoms with E-state index in [2.05, 4.69) is 17.2 Å². The van der Waals surface area contributed by atoms with Gasteiger partial charge in [0.15, 0.2) is 0 Å². The number of nitrogens with zero attached hydrogens (tertiary/aromatic N) is 3. The number of nitrogens with two attached hydrogens (primary N) is 1. The minimum absolute atomic E-state index is 0. The van der Waals surface area contributed by atoms with Crippen LogP contribution in [0.15, 0.2) is 60.8 Å². The van der Waals surface area contributed by atoms with Gasteiger partial charge in [-0.2, -0.15) is 5.10 Å². The molecule has 158 valence electrons. The van der Waals surface area contributed by atoms with Crippen LogP contribution in [-0.4, -0.2) is 47.3 Å². The molecule has 0 unspecified atom stereocenters. The number of methoxy groups -OCH3 is 1. The number of amides is 1. The third-order valence-corrected chi connectivity index (χ3v) is 5.68. The zero-order valence-corrected chi connectivity index (χ0v) is 18.0. The van der Waals surface area contributed by atoms with Crippen molar-refractivity contribution in [2.24, 2.45) is 18.7 Å². The predicted molar refractivity (Wildman–Crippen MR) is 120 cm³/mol. The van der Waals surface area contributed by atoms with Crippen LogP contribution in [0.1, 0.15) is 21.8 Å². The molecule has 0 saturated carbocycles. The Morgan fingerprint density at radius 2 is 1.83 bits per heavy atom. The van der Waals surface area contributed by atoms with Crippen LogP contribution in [0, 0.1) is 5.92 Å². The zero-order chi connectivity index (χ0) is 20.4. The van der Waals surface area contributed by atoms with Gasteiger partial charge in [-0.3, -0.25) is 9.48 Å². The number of ether oxygens (including phenoxy) is 1. The van der Waals surface area contributed by atoms with Crippen LogP contribution in [-0.2, 0) is 7.05 Å². The van der Waals surface area contributed by atoms with Crippen LogP contribution in [0.25, 0.3) is 11.3 Å². The third-order valence-electron chi connectivity index (χ3n) is 5.68. The summed E-state index contributed by atoms with van der Waals surface area (Å²) >= 11 is 0. The van der Waals surface area contributed by atoms with Gasteiger partial charge in [-0.25, -0.2) is 0 Å². The maximum atomic E-state index is 13.5. The van der Waals surface area contributed by atoms with Crippen molar-refractivity contribution in [1.82, 2.24) is 14.7 Å². The van der Waals surface area contributed by atoms with Crippen LogP contribution in [0.3, 0.4) is 0 Å². The molecule has 0 radical (unpaired) electrons. The summed E-state index contributed by atoms with van der Waals surface area (Å²) < 4.78 is 7.17. The molecule has 2 N–H and O–H groups in total. The number of carbonyl (C=O) groups is 1. The Labute approximate surface area is 183 Å². The molecule has 4 rings (SSSR count). The lowest BCUT2D eigenvalue weighted by molar-refractivity contribution is 0.0787. The largest absolute Gasteiger partial charge is 0.496 e. The molecule has 1 amide bonds. The highest BCUT2D eigenvalue weighted by atomic mass is 35.5. The Hall–Kier alpha value is -2.83. The van der Waals surface area contributed by atoms with Crippen molar-refractivity contribution in [2.75, 3.05) is 26.7 Å². The molecule has 2 aromatic carbocycles. The van der Waals surface area contributed by atoms with Crippen molar-refractivity contribution in [3.05, 3.63) is 71.9 Å². The van der Waals surface area contributed by atoms with Gasteiger partial charge in [0.2, 0.25) is 0 Å². The Kier molecular flexibility index (Phi) is 6.80. The number of likely N-dealkylation sites (tertiary alicyclic amines) is 1. The van der Waals surface area contributed by atoms with Gasteiger partial charge in [-0.1, -0.05) is 42.5 Å². The summed E-state index contributed by atoms with van der Waals surface area (Å²) in [5.74, 6) is 1.17. The standard InChI is InChI=1S/C23H26N4O2.ClH/c1-26-14-20(22(25-26)18-10-6-7-11-21(18)29-2)23(28)27-13-17(12-24)19(15-27)16-8-4-3-5-9-16;/h3-11,14,17,19H,12-13,15,24H2,1-2H3;1H/t17-,19+;/m1./s1. The van der Waals surface area contributed by atoms with Crippen LogP contribution in [0.5, 0.6) is 5.75 Å². The van der Waals surface area contributed by atoms with Gasteiger partial charge < -0.3 is 15.4 Å². The number of benzene rings is 2. The molecule has 1 aliphatic heterocycles. The van der Waals surface area contributed by atoms with Gasteiger partial charge in [0.25, 0.3) is 5.91 Å². The summed E-state index contributed by atoms with van der Waals surface area (Å²) in [5.41, 5.74) is 9.32. The topological polar surface area (TPSA) is 73.4 Å². The highest BCUT2D eigenvalue weighted by molar-refractivity contribution is 6.00. The highest BCUT2D eigenvalue weighted by Gasteiger charge is 2.37. The van der Waals surface area contributed by atoms with E-state index >= 15 is 0 Å². The first-order valence-electron chi connectivity index (χ1n) is 9.83. The lowest BCUT2D eigenvalue weighted by Crippen LogP contribution is -2.30. The summed E-state index contributed by atoms with van der Waals surface area (Å²) in [4.78, 5) is 15.4. The van der Waals surface area contributed by atoms with Crippen molar-refractivity contribution in [3.8, 4) is 17.0 Å². The summed E-state index contributed by atoms with van der Waals surface area (Å²) in [6.45, 7) is 1.86.